The monoisotopic (exact) mass is 793 g/mol. The molecule has 290 valence electrons. The van der Waals surface area contributed by atoms with E-state index in [2.05, 4.69) is 53.8 Å². The molecule has 2 aliphatic heterocycles. The van der Waals surface area contributed by atoms with E-state index in [1.54, 1.807) is 22.7 Å². The second kappa shape index (κ2) is 16.6. The SMILES string of the molecule is CC(C)(C)C(=O)N[C@@H](C(=O)N1CCC[C@H]1c1ncc(-c2ccc(-c3ccc(-c4cnc([C@@H]5CCCN5C(=O)Cc5ccccc5)s4)cc3)cc2)s1)c1ccccc1. The van der Waals surface area contributed by atoms with Gasteiger partial charge < -0.3 is 15.1 Å². The highest BCUT2D eigenvalue weighted by molar-refractivity contribution is 7.15. The minimum atomic E-state index is -0.760. The average Bonchev–Trinajstić information content (AvgIpc) is 4.07. The number of rotatable bonds is 10. The van der Waals surface area contributed by atoms with E-state index in [9.17, 15) is 14.4 Å². The number of thiazole rings is 2. The third-order valence-electron chi connectivity index (χ3n) is 10.9. The van der Waals surface area contributed by atoms with Crippen LogP contribution in [-0.4, -0.2) is 50.6 Å². The highest BCUT2D eigenvalue weighted by atomic mass is 32.1. The third kappa shape index (κ3) is 8.48. The van der Waals surface area contributed by atoms with E-state index in [0.29, 0.717) is 13.0 Å². The van der Waals surface area contributed by atoms with Crippen molar-refractivity contribution in [2.24, 2.45) is 5.41 Å². The molecule has 0 unspecified atom stereocenters. The van der Waals surface area contributed by atoms with Crippen molar-refractivity contribution in [3.63, 3.8) is 0 Å². The number of likely N-dealkylation sites (tertiary alicyclic amines) is 2. The van der Waals surface area contributed by atoms with E-state index in [4.69, 9.17) is 9.97 Å². The number of hydrogen-bond donors (Lipinski definition) is 1. The number of nitrogens with one attached hydrogen (secondary N) is 1. The van der Waals surface area contributed by atoms with Crippen molar-refractivity contribution < 1.29 is 14.4 Å². The smallest absolute Gasteiger partial charge is 0.250 e. The number of nitrogens with zero attached hydrogens (tertiary/aromatic N) is 4. The highest BCUT2D eigenvalue weighted by Crippen LogP contribution is 2.40. The lowest BCUT2D eigenvalue weighted by molar-refractivity contribution is -0.139. The van der Waals surface area contributed by atoms with Gasteiger partial charge >= 0.3 is 0 Å². The zero-order chi connectivity index (χ0) is 39.5. The minimum absolute atomic E-state index is 0.0339. The molecule has 2 aromatic heterocycles. The molecule has 10 heteroatoms. The molecular formula is C47H47N5O3S2. The molecule has 8 nitrogen and oxygen atoms in total. The zero-order valence-corrected chi connectivity index (χ0v) is 34.2. The molecule has 1 N–H and O–H groups in total. The van der Waals surface area contributed by atoms with Crippen LogP contribution in [0.1, 0.15) is 85.7 Å². The second-order valence-electron chi connectivity index (χ2n) is 15.9. The topological polar surface area (TPSA) is 95.5 Å². The summed E-state index contributed by atoms with van der Waals surface area (Å²) in [4.78, 5) is 56.2. The van der Waals surface area contributed by atoms with Crippen LogP contribution in [0.2, 0.25) is 0 Å². The van der Waals surface area contributed by atoms with Crippen molar-refractivity contribution in [2.75, 3.05) is 13.1 Å². The quantitative estimate of drug-likeness (QED) is 0.149. The highest BCUT2D eigenvalue weighted by Gasteiger charge is 2.38. The maximum atomic E-state index is 14.2. The van der Waals surface area contributed by atoms with Gasteiger partial charge in [-0.3, -0.25) is 14.4 Å². The maximum absolute atomic E-state index is 14.2. The van der Waals surface area contributed by atoms with Crippen molar-refractivity contribution in [3.05, 3.63) is 143 Å². The van der Waals surface area contributed by atoms with Gasteiger partial charge in [-0.2, -0.15) is 0 Å². The molecule has 2 fully saturated rings. The summed E-state index contributed by atoms with van der Waals surface area (Å²) in [5, 5.41) is 4.96. The van der Waals surface area contributed by atoms with Crippen molar-refractivity contribution in [1.29, 1.82) is 0 Å². The van der Waals surface area contributed by atoms with Gasteiger partial charge in [0.2, 0.25) is 17.7 Å². The summed E-state index contributed by atoms with van der Waals surface area (Å²) in [6.45, 7) is 6.97. The lowest BCUT2D eigenvalue weighted by atomic mass is 9.94. The van der Waals surface area contributed by atoms with Crippen LogP contribution in [0.3, 0.4) is 0 Å². The van der Waals surface area contributed by atoms with E-state index in [1.807, 2.05) is 104 Å². The third-order valence-corrected chi connectivity index (χ3v) is 13.2. The summed E-state index contributed by atoms with van der Waals surface area (Å²) in [5.74, 6) is -0.0997. The first-order chi connectivity index (χ1) is 27.6. The van der Waals surface area contributed by atoms with E-state index < -0.39 is 11.5 Å². The molecule has 0 bridgehead atoms. The molecule has 3 atom stereocenters. The van der Waals surface area contributed by atoms with Gasteiger partial charge in [0.15, 0.2) is 0 Å². The molecule has 2 aliphatic rings. The summed E-state index contributed by atoms with van der Waals surface area (Å²) < 4.78 is 0. The molecule has 0 radical (unpaired) electrons. The molecule has 57 heavy (non-hydrogen) atoms. The number of carbonyl (C=O) groups is 3. The minimum Gasteiger partial charge on any atom is -0.340 e. The molecule has 0 spiro atoms. The zero-order valence-electron chi connectivity index (χ0n) is 32.6. The molecule has 0 aliphatic carbocycles. The predicted molar refractivity (Wildman–Crippen MR) is 228 cm³/mol. The first kappa shape index (κ1) is 38.4. The molecule has 6 aromatic rings. The summed E-state index contributed by atoms with van der Waals surface area (Å²) in [7, 11) is 0. The summed E-state index contributed by atoms with van der Waals surface area (Å²) in [6, 6.07) is 35.7. The Morgan fingerprint density at radius 1 is 0.667 bits per heavy atom. The fourth-order valence-corrected chi connectivity index (χ4v) is 9.87. The van der Waals surface area contributed by atoms with Gasteiger partial charge in [-0.25, -0.2) is 9.97 Å². The first-order valence-electron chi connectivity index (χ1n) is 19.7. The molecule has 2 saturated heterocycles. The molecule has 4 aromatic carbocycles. The number of amides is 3. The van der Waals surface area contributed by atoms with E-state index in [-0.39, 0.29) is 29.8 Å². The van der Waals surface area contributed by atoms with Gasteiger partial charge in [-0.15, -0.1) is 22.7 Å². The van der Waals surface area contributed by atoms with Crippen molar-refractivity contribution in [3.8, 4) is 32.0 Å². The van der Waals surface area contributed by atoms with Crippen molar-refractivity contribution >= 4 is 40.4 Å². The number of hydrogen-bond acceptors (Lipinski definition) is 7. The lowest BCUT2D eigenvalue weighted by Crippen LogP contribution is -2.45. The Bertz CT molecular complexity index is 2330. The molecule has 0 saturated carbocycles. The average molecular weight is 794 g/mol. The fourth-order valence-electron chi connectivity index (χ4n) is 7.73. The van der Waals surface area contributed by atoms with Gasteiger partial charge in [0.1, 0.15) is 16.1 Å². The number of aromatic nitrogens is 2. The van der Waals surface area contributed by atoms with Crippen molar-refractivity contribution in [1.82, 2.24) is 25.1 Å². The summed E-state index contributed by atoms with van der Waals surface area (Å²) in [5.41, 5.74) is 5.63. The maximum Gasteiger partial charge on any atom is 0.250 e. The first-order valence-corrected chi connectivity index (χ1v) is 21.4. The summed E-state index contributed by atoms with van der Waals surface area (Å²) in [6.07, 6.45) is 7.92. The largest absolute Gasteiger partial charge is 0.340 e. The van der Waals surface area contributed by atoms with Crippen LogP contribution < -0.4 is 5.32 Å². The van der Waals surface area contributed by atoms with Crippen LogP contribution in [-0.2, 0) is 20.8 Å². The lowest BCUT2D eigenvalue weighted by Gasteiger charge is -2.30. The second-order valence-corrected chi connectivity index (χ2v) is 18.1. The van der Waals surface area contributed by atoms with E-state index in [1.165, 1.54) is 0 Å². The molecule has 8 rings (SSSR count). The van der Waals surface area contributed by atoms with E-state index >= 15 is 0 Å². The van der Waals surface area contributed by atoms with Gasteiger partial charge in [0.05, 0.1) is 28.3 Å². The van der Waals surface area contributed by atoms with Crippen LogP contribution in [0.5, 0.6) is 0 Å². The van der Waals surface area contributed by atoms with Crippen molar-refractivity contribution in [2.45, 2.75) is 71.0 Å². The van der Waals surface area contributed by atoms with Crippen LogP contribution in [0.25, 0.3) is 32.0 Å². The Hall–Kier alpha value is -5.45. The molecule has 4 heterocycles. The Kier molecular flexibility index (Phi) is 11.2. The van der Waals surface area contributed by atoms with Crippen LogP contribution >= 0.6 is 22.7 Å². The van der Waals surface area contributed by atoms with E-state index in [0.717, 1.165) is 85.4 Å². The van der Waals surface area contributed by atoms with Crippen LogP contribution in [0.15, 0.2) is 122 Å². The fraction of sp³-hybridized carbons (Fsp3) is 0.298. The van der Waals surface area contributed by atoms with Crippen LogP contribution in [0, 0.1) is 5.41 Å². The standard InChI is InChI=1S/C47H47N5O3S2/c1-47(2,3)46(55)50-42(36-14-8-5-9-15-36)45(54)52-27-11-17-38(52)44-49-30-40(57-44)35-24-20-33(21-25-35)32-18-22-34(23-19-32)39-29-48-43(56-39)37-16-10-26-51(37)41(53)28-31-12-6-4-7-13-31/h4-9,12-15,18-25,29-30,37-38,42H,10-11,16-17,26-28H2,1-3H3,(H,50,55)/t37-,38-,42+/m0/s1. The Morgan fingerprint density at radius 2 is 1.14 bits per heavy atom. The van der Waals surface area contributed by atoms with Gasteiger partial charge in [0, 0.05) is 30.9 Å². The van der Waals surface area contributed by atoms with Crippen LogP contribution in [0.4, 0.5) is 0 Å². The van der Waals surface area contributed by atoms with Gasteiger partial charge in [-0.05, 0) is 59.1 Å². The Labute approximate surface area is 342 Å². The predicted octanol–water partition coefficient (Wildman–Crippen LogP) is 10.1. The Morgan fingerprint density at radius 3 is 1.67 bits per heavy atom. The van der Waals surface area contributed by atoms with Gasteiger partial charge in [0.25, 0.3) is 0 Å². The van der Waals surface area contributed by atoms with Gasteiger partial charge in [-0.1, -0.05) is 130 Å². The normalized spacial score (nSPS) is 17.5. The summed E-state index contributed by atoms with van der Waals surface area (Å²) >= 11 is 3.30. The molecular weight excluding hydrogens is 747 g/mol. The Balaban J connectivity index is 0.924. The number of carbonyl (C=O) groups excluding carboxylic acids is 3. The molecule has 3 amide bonds. The number of benzene rings is 4.